The first-order chi connectivity index (χ1) is 21.3. The lowest BCUT2D eigenvalue weighted by Gasteiger charge is -2.11. The molecule has 0 amide bonds. The van der Waals surface area contributed by atoms with E-state index in [9.17, 15) is 18.8 Å². The molecule has 0 bridgehead atoms. The summed E-state index contributed by atoms with van der Waals surface area (Å²) < 4.78 is 39.2. The van der Waals surface area contributed by atoms with Gasteiger partial charge in [0, 0.05) is 12.0 Å². The molecule has 0 spiro atoms. The molecule has 1 aliphatic rings. The monoisotopic (exact) mass is 602 g/mol. The van der Waals surface area contributed by atoms with Gasteiger partial charge in [0.1, 0.15) is 30.5 Å². The van der Waals surface area contributed by atoms with Crippen molar-refractivity contribution in [3.8, 4) is 28.4 Å². The lowest BCUT2D eigenvalue weighted by Crippen LogP contribution is -2.12. The van der Waals surface area contributed by atoms with Crippen molar-refractivity contribution in [3.05, 3.63) is 102 Å². The van der Waals surface area contributed by atoms with Gasteiger partial charge in [-0.15, -0.1) is 0 Å². The molecule has 3 aromatic rings. The van der Waals surface area contributed by atoms with E-state index < -0.39 is 23.7 Å². The summed E-state index contributed by atoms with van der Waals surface area (Å²) in [5.74, 6) is -1.47. The van der Waals surface area contributed by atoms with Gasteiger partial charge in [0.05, 0.1) is 18.8 Å². The van der Waals surface area contributed by atoms with Gasteiger partial charge in [0.15, 0.2) is 0 Å². The van der Waals surface area contributed by atoms with Crippen LogP contribution < -0.4 is 14.2 Å². The number of halogens is 1. The molecule has 230 valence electrons. The number of ether oxygens (including phenoxy) is 5. The zero-order chi connectivity index (χ0) is 31.5. The lowest BCUT2D eigenvalue weighted by atomic mass is 9.98. The molecule has 0 saturated carbocycles. The Morgan fingerprint density at radius 1 is 0.750 bits per heavy atom. The van der Waals surface area contributed by atoms with Gasteiger partial charge in [-0.25, -0.2) is 14.4 Å². The molecule has 1 aliphatic carbocycles. The van der Waals surface area contributed by atoms with Gasteiger partial charge >= 0.3 is 17.9 Å². The summed E-state index contributed by atoms with van der Waals surface area (Å²) in [5, 5.41) is 0. The topological polar surface area (TPSA) is 97.4 Å². The number of esters is 3. The van der Waals surface area contributed by atoms with Gasteiger partial charge in [0.25, 0.3) is 0 Å². The Hall–Kier alpha value is -4.92. The van der Waals surface area contributed by atoms with Crippen molar-refractivity contribution in [1.82, 2.24) is 0 Å². The van der Waals surface area contributed by atoms with Crippen LogP contribution in [-0.2, 0) is 19.1 Å². The fourth-order valence-corrected chi connectivity index (χ4v) is 4.82. The van der Waals surface area contributed by atoms with Crippen LogP contribution in [0.5, 0.6) is 17.2 Å². The minimum Gasteiger partial charge on any atom is -0.494 e. The molecule has 8 nitrogen and oxygen atoms in total. The molecule has 0 aliphatic heterocycles. The summed E-state index contributed by atoms with van der Waals surface area (Å²) in [5.41, 5.74) is 4.83. The Morgan fingerprint density at radius 3 is 2.07 bits per heavy atom. The maximum absolute atomic E-state index is 13.0. The Morgan fingerprint density at radius 2 is 1.36 bits per heavy atom. The third-order valence-corrected chi connectivity index (χ3v) is 7.09. The highest BCUT2D eigenvalue weighted by molar-refractivity contribution is 5.93. The third-order valence-electron chi connectivity index (χ3n) is 7.09. The Bertz CT molecular complexity index is 1510. The maximum atomic E-state index is 13.0. The zero-order valence-electron chi connectivity index (χ0n) is 24.6. The molecule has 44 heavy (non-hydrogen) atoms. The van der Waals surface area contributed by atoms with Crippen molar-refractivity contribution >= 4 is 17.9 Å². The summed E-state index contributed by atoms with van der Waals surface area (Å²) in [6, 6.07) is 18.1. The number of benzene rings is 3. The van der Waals surface area contributed by atoms with Gasteiger partial charge in [-0.05, 0) is 96.5 Å². The molecule has 4 rings (SSSR count). The van der Waals surface area contributed by atoms with E-state index >= 15 is 0 Å². The van der Waals surface area contributed by atoms with E-state index in [2.05, 4.69) is 37.0 Å². The number of carbonyl (C=O) groups excluding carboxylic acids is 3. The Labute approximate surface area is 256 Å². The zero-order valence-corrected chi connectivity index (χ0v) is 24.6. The van der Waals surface area contributed by atoms with Crippen LogP contribution in [0.1, 0.15) is 60.0 Å². The molecular formula is C35H35FO8. The van der Waals surface area contributed by atoms with E-state index in [0.29, 0.717) is 30.3 Å². The van der Waals surface area contributed by atoms with Crippen LogP contribution in [0.3, 0.4) is 0 Å². The van der Waals surface area contributed by atoms with E-state index in [0.717, 1.165) is 53.7 Å². The first kappa shape index (κ1) is 32.0. The SMILES string of the molecule is C=CC(=O)OCCCCCCOc1ccc2c(c1)C(C)c1cc(C(=O)Oc3ccc(OCCOC(=O)C(=C)F)cc3)ccc1-2. The molecule has 0 heterocycles. The summed E-state index contributed by atoms with van der Waals surface area (Å²) in [6.45, 7) is 9.25. The summed E-state index contributed by atoms with van der Waals surface area (Å²) >= 11 is 0. The molecule has 1 atom stereocenters. The van der Waals surface area contributed by atoms with Gasteiger partial charge in [-0.2, -0.15) is 4.39 Å². The van der Waals surface area contributed by atoms with Crippen LogP contribution in [0, 0.1) is 0 Å². The van der Waals surface area contributed by atoms with Crippen LogP contribution in [0.25, 0.3) is 11.1 Å². The van der Waals surface area contributed by atoms with E-state index in [4.69, 9.17) is 18.9 Å². The predicted octanol–water partition coefficient (Wildman–Crippen LogP) is 7.11. The van der Waals surface area contributed by atoms with E-state index in [1.807, 2.05) is 18.2 Å². The molecule has 0 fully saturated rings. The molecule has 1 unspecified atom stereocenters. The number of fused-ring (bicyclic) bond motifs is 3. The van der Waals surface area contributed by atoms with Gasteiger partial charge < -0.3 is 23.7 Å². The van der Waals surface area contributed by atoms with Gasteiger partial charge in [0.2, 0.25) is 5.83 Å². The van der Waals surface area contributed by atoms with Crippen LogP contribution >= 0.6 is 0 Å². The van der Waals surface area contributed by atoms with Crippen molar-refractivity contribution in [2.24, 2.45) is 0 Å². The molecule has 3 aromatic carbocycles. The lowest BCUT2D eigenvalue weighted by molar-refractivity contribution is -0.141. The second kappa shape index (κ2) is 15.5. The highest BCUT2D eigenvalue weighted by Gasteiger charge is 2.27. The Balaban J connectivity index is 1.26. The van der Waals surface area contributed by atoms with Crippen molar-refractivity contribution in [3.63, 3.8) is 0 Å². The van der Waals surface area contributed by atoms with Gasteiger partial charge in [-0.1, -0.05) is 32.2 Å². The van der Waals surface area contributed by atoms with E-state index in [1.54, 1.807) is 30.3 Å². The fourth-order valence-electron chi connectivity index (χ4n) is 4.82. The first-order valence-corrected chi connectivity index (χ1v) is 14.4. The number of hydrogen-bond donors (Lipinski definition) is 0. The number of carbonyl (C=O) groups is 3. The predicted molar refractivity (Wildman–Crippen MR) is 163 cm³/mol. The number of unbranched alkanes of at least 4 members (excludes halogenated alkanes) is 3. The third kappa shape index (κ3) is 8.56. The summed E-state index contributed by atoms with van der Waals surface area (Å²) in [4.78, 5) is 35.1. The maximum Gasteiger partial charge on any atom is 0.366 e. The van der Waals surface area contributed by atoms with E-state index in [1.165, 1.54) is 6.08 Å². The van der Waals surface area contributed by atoms with Crippen LogP contribution in [0.2, 0.25) is 0 Å². The molecule has 9 heteroatoms. The normalized spacial score (nSPS) is 12.8. The standard InChI is InChI=1S/C35H35FO8/c1-4-33(37)42-18-8-6-5-7-17-40-28-14-16-30-29-15-9-25(21-31(29)23(2)32(30)22-28)35(39)44-27-12-10-26(11-13-27)41-19-20-43-34(38)24(3)36/h4,9-16,21-23H,1,3,5-8,17-20H2,2H3. The number of rotatable bonds is 16. The van der Waals surface area contributed by atoms with E-state index in [-0.39, 0.29) is 19.1 Å². The average molecular weight is 603 g/mol. The summed E-state index contributed by atoms with van der Waals surface area (Å²) in [6.07, 6.45) is 4.82. The van der Waals surface area contributed by atoms with Crippen molar-refractivity contribution in [1.29, 1.82) is 0 Å². The average Bonchev–Trinajstić information content (AvgIpc) is 3.31. The van der Waals surface area contributed by atoms with Crippen LogP contribution in [0.15, 0.2) is 85.7 Å². The second-order valence-electron chi connectivity index (χ2n) is 10.2. The van der Waals surface area contributed by atoms with Crippen LogP contribution in [-0.4, -0.2) is 44.3 Å². The highest BCUT2D eigenvalue weighted by Crippen LogP contribution is 2.46. The number of hydrogen-bond acceptors (Lipinski definition) is 8. The highest BCUT2D eigenvalue weighted by atomic mass is 19.1. The first-order valence-electron chi connectivity index (χ1n) is 14.4. The Kier molecular flexibility index (Phi) is 11.3. The molecule has 0 aromatic heterocycles. The molecule has 0 radical (unpaired) electrons. The quantitative estimate of drug-likeness (QED) is 0.0741. The summed E-state index contributed by atoms with van der Waals surface area (Å²) in [7, 11) is 0. The molecule has 0 saturated heterocycles. The van der Waals surface area contributed by atoms with Crippen LogP contribution in [0.4, 0.5) is 4.39 Å². The van der Waals surface area contributed by atoms with Crippen molar-refractivity contribution < 1.29 is 42.5 Å². The fraction of sp³-hybridized carbons (Fsp3) is 0.286. The molecular weight excluding hydrogens is 567 g/mol. The second-order valence-corrected chi connectivity index (χ2v) is 10.2. The minimum atomic E-state index is -1.17. The molecule has 0 N–H and O–H groups in total. The van der Waals surface area contributed by atoms with Crippen molar-refractivity contribution in [2.75, 3.05) is 26.4 Å². The minimum absolute atomic E-state index is 0.0272. The smallest absolute Gasteiger partial charge is 0.366 e. The largest absolute Gasteiger partial charge is 0.494 e. The van der Waals surface area contributed by atoms with Gasteiger partial charge in [-0.3, -0.25) is 0 Å². The van der Waals surface area contributed by atoms with Crippen molar-refractivity contribution in [2.45, 2.75) is 38.5 Å².